The molecular formula is C29H31FN2O3S. The molecule has 1 aliphatic carbocycles. The van der Waals surface area contributed by atoms with Crippen LogP contribution in [-0.2, 0) is 17.8 Å². The van der Waals surface area contributed by atoms with Crippen molar-refractivity contribution in [1.82, 2.24) is 10.2 Å². The van der Waals surface area contributed by atoms with Crippen molar-refractivity contribution in [2.45, 2.75) is 54.5 Å². The molecule has 0 aromatic heterocycles. The van der Waals surface area contributed by atoms with Gasteiger partial charge in [-0.25, -0.2) is 4.39 Å². The number of hydrogen-bond acceptors (Lipinski definition) is 4. The summed E-state index contributed by atoms with van der Waals surface area (Å²) >= 11 is 1.84. The number of aliphatic carboxylic acids is 1. The number of benzene rings is 3. The Bertz CT molecular complexity index is 1160. The maximum absolute atomic E-state index is 13.2. The zero-order valence-electron chi connectivity index (χ0n) is 20.3. The number of carboxylic acids is 1. The van der Waals surface area contributed by atoms with Crippen LogP contribution >= 0.6 is 11.8 Å². The van der Waals surface area contributed by atoms with E-state index in [0.717, 1.165) is 30.4 Å². The minimum absolute atomic E-state index is 0.0173. The molecule has 0 aliphatic heterocycles. The van der Waals surface area contributed by atoms with E-state index >= 15 is 0 Å². The number of hydrogen-bond donors (Lipinski definition) is 2. The van der Waals surface area contributed by atoms with Gasteiger partial charge in [-0.3, -0.25) is 9.59 Å². The Morgan fingerprint density at radius 3 is 2.33 bits per heavy atom. The quantitative estimate of drug-likeness (QED) is 0.386. The average molecular weight is 507 g/mol. The summed E-state index contributed by atoms with van der Waals surface area (Å²) < 4.78 is 13.1. The molecule has 3 aromatic rings. The summed E-state index contributed by atoms with van der Waals surface area (Å²) in [5.41, 5.74) is 2.23. The molecule has 0 radical (unpaired) electrons. The van der Waals surface area contributed by atoms with Crippen LogP contribution in [0.2, 0.25) is 0 Å². The van der Waals surface area contributed by atoms with E-state index in [1.54, 1.807) is 24.3 Å². The first kappa shape index (κ1) is 25.9. The van der Waals surface area contributed by atoms with Gasteiger partial charge in [0.15, 0.2) is 0 Å². The zero-order valence-corrected chi connectivity index (χ0v) is 21.1. The lowest BCUT2D eigenvalue weighted by Gasteiger charge is -2.29. The van der Waals surface area contributed by atoms with Gasteiger partial charge in [0.2, 0.25) is 0 Å². The highest BCUT2D eigenvalue weighted by Gasteiger charge is 2.33. The van der Waals surface area contributed by atoms with Crippen LogP contribution in [0.15, 0.2) is 83.8 Å². The monoisotopic (exact) mass is 506 g/mol. The van der Waals surface area contributed by atoms with E-state index in [2.05, 4.69) is 17.4 Å². The van der Waals surface area contributed by atoms with Gasteiger partial charge >= 0.3 is 5.97 Å². The topological polar surface area (TPSA) is 69.6 Å². The minimum atomic E-state index is -0.958. The first-order chi connectivity index (χ1) is 17.4. The molecule has 1 saturated carbocycles. The van der Waals surface area contributed by atoms with Crippen LogP contribution in [0, 0.1) is 5.82 Å². The molecule has 1 fully saturated rings. The van der Waals surface area contributed by atoms with E-state index in [1.807, 2.05) is 54.0 Å². The molecule has 188 valence electrons. The maximum atomic E-state index is 13.2. The van der Waals surface area contributed by atoms with E-state index in [0.29, 0.717) is 17.4 Å². The molecule has 0 bridgehead atoms. The van der Waals surface area contributed by atoms with E-state index < -0.39 is 12.0 Å². The molecule has 36 heavy (non-hydrogen) atoms. The molecule has 0 heterocycles. The standard InChI is InChI=1S/C29H31FN2O3S/c1-32(26-8-5-9-27(26)36-24-6-3-2-4-7-24)28(33)22-14-10-20(11-15-22)18-25(29(34)35)31-19-21-12-16-23(30)17-13-21/h2-4,6-7,10-17,25-27,31H,5,8-9,18-19H2,1H3,(H,34,35). The van der Waals surface area contributed by atoms with Crippen molar-refractivity contribution >= 4 is 23.6 Å². The number of nitrogens with zero attached hydrogens (tertiary/aromatic N) is 1. The Morgan fingerprint density at radius 1 is 1.00 bits per heavy atom. The van der Waals surface area contributed by atoms with E-state index in [1.165, 1.54) is 17.0 Å². The van der Waals surface area contributed by atoms with Gasteiger partial charge in [0.25, 0.3) is 5.91 Å². The summed E-state index contributed by atoms with van der Waals surface area (Å²) in [6.45, 7) is 0.322. The van der Waals surface area contributed by atoms with Gasteiger partial charge in [-0.2, -0.15) is 0 Å². The molecule has 2 N–H and O–H groups in total. The zero-order chi connectivity index (χ0) is 25.5. The van der Waals surface area contributed by atoms with Crippen molar-refractivity contribution in [2.75, 3.05) is 7.05 Å². The number of carbonyl (C=O) groups is 2. The van der Waals surface area contributed by atoms with Gasteiger partial charge in [0, 0.05) is 35.3 Å². The van der Waals surface area contributed by atoms with Crippen molar-refractivity contribution in [3.8, 4) is 0 Å². The second kappa shape index (κ2) is 12.2. The van der Waals surface area contributed by atoms with Crippen molar-refractivity contribution < 1.29 is 19.1 Å². The van der Waals surface area contributed by atoms with E-state index in [9.17, 15) is 19.1 Å². The summed E-state index contributed by atoms with van der Waals surface area (Å²) in [6.07, 6.45) is 3.46. The molecule has 3 atom stereocenters. The Balaban J connectivity index is 1.35. The Hall–Kier alpha value is -3.16. The van der Waals surface area contributed by atoms with Crippen molar-refractivity contribution in [3.05, 3.63) is 101 Å². The van der Waals surface area contributed by atoms with Gasteiger partial charge < -0.3 is 15.3 Å². The van der Waals surface area contributed by atoms with E-state index in [-0.39, 0.29) is 24.2 Å². The lowest BCUT2D eigenvalue weighted by atomic mass is 10.0. The number of carboxylic acid groups (broad SMARTS) is 1. The summed E-state index contributed by atoms with van der Waals surface area (Å²) in [5.74, 6) is -1.30. The molecule has 0 spiro atoms. The Kier molecular flexibility index (Phi) is 8.78. The van der Waals surface area contributed by atoms with Gasteiger partial charge in [-0.15, -0.1) is 11.8 Å². The third-order valence-corrected chi connectivity index (χ3v) is 8.07. The Morgan fingerprint density at radius 2 is 1.67 bits per heavy atom. The van der Waals surface area contributed by atoms with E-state index in [4.69, 9.17) is 0 Å². The molecule has 3 aromatic carbocycles. The lowest BCUT2D eigenvalue weighted by molar-refractivity contribution is -0.139. The first-order valence-electron chi connectivity index (χ1n) is 12.2. The normalized spacial score (nSPS) is 18.1. The van der Waals surface area contributed by atoms with Crippen molar-refractivity contribution in [3.63, 3.8) is 0 Å². The number of halogens is 1. The predicted octanol–water partition coefficient (Wildman–Crippen LogP) is 5.40. The lowest BCUT2D eigenvalue weighted by Crippen LogP contribution is -2.40. The van der Waals surface area contributed by atoms with Crippen LogP contribution in [0.3, 0.4) is 0 Å². The highest BCUT2D eigenvalue weighted by Crippen LogP contribution is 2.37. The predicted molar refractivity (Wildman–Crippen MR) is 141 cm³/mol. The summed E-state index contributed by atoms with van der Waals surface area (Å²) in [5, 5.41) is 13.0. The second-order valence-corrected chi connectivity index (χ2v) is 10.5. The molecule has 4 rings (SSSR count). The number of thioether (sulfide) groups is 1. The average Bonchev–Trinajstić information content (AvgIpc) is 3.35. The molecule has 5 nitrogen and oxygen atoms in total. The third kappa shape index (κ3) is 6.74. The van der Waals surface area contributed by atoms with Crippen molar-refractivity contribution in [2.24, 2.45) is 0 Å². The molecule has 1 aliphatic rings. The van der Waals surface area contributed by atoms with Gasteiger partial charge in [0.05, 0.1) is 0 Å². The number of nitrogens with one attached hydrogen (secondary N) is 1. The SMILES string of the molecule is CN(C(=O)c1ccc(CC(NCc2ccc(F)cc2)C(=O)O)cc1)C1CCCC1Sc1ccccc1. The highest BCUT2D eigenvalue weighted by molar-refractivity contribution is 8.00. The van der Waals surface area contributed by atoms with Crippen LogP contribution in [0.1, 0.15) is 40.7 Å². The highest BCUT2D eigenvalue weighted by atomic mass is 32.2. The molecule has 7 heteroatoms. The van der Waals surface area contributed by atoms with Crippen LogP contribution in [0.25, 0.3) is 0 Å². The fourth-order valence-electron chi connectivity index (χ4n) is 4.62. The van der Waals surface area contributed by atoms with Gasteiger partial charge in [-0.05, 0) is 66.8 Å². The fraction of sp³-hybridized carbons (Fsp3) is 0.310. The third-order valence-electron chi connectivity index (χ3n) is 6.67. The van der Waals surface area contributed by atoms with Gasteiger partial charge in [0.1, 0.15) is 11.9 Å². The summed E-state index contributed by atoms with van der Waals surface area (Å²) in [7, 11) is 1.88. The van der Waals surface area contributed by atoms with Crippen LogP contribution in [0.5, 0.6) is 0 Å². The van der Waals surface area contributed by atoms with Crippen molar-refractivity contribution in [1.29, 1.82) is 0 Å². The smallest absolute Gasteiger partial charge is 0.321 e. The van der Waals surface area contributed by atoms with Crippen LogP contribution in [-0.4, -0.2) is 46.3 Å². The Labute approximate surface area is 215 Å². The molecular weight excluding hydrogens is 475 g/mol. The minimum Gasteiger partial charge on any atom is -0.480 e. The van der Waals surface area contributed by atoms with Crippen LogP contribution < -0.4 is 5.32 Å². The second-order valence-electron chi connectivity index (χ2n) is 9.18. The van der Waals surface area contributed by atoms with Gasteiger partial charge in [-0.1, -0.05) is 48.9 Å². The maximum Gasteiger partial charge on any atom is 0.321 e. The molecule has 1 amide bonds. The molecule has 0 saturated heterocycles. The summed E-state index contributed by atoms with van der Waals surface area (Å²) in [6, 6.07) is 22.9. The number of rotatable bonds is 10. The fourth-order valence-corrected chi connectivity index (χ4v) is 6.05. The number of carbonyl (C=O) groups excluding carboxylic acids is 1. The largest absolute Gasteiger partial charge is 0.480 e. The summed E-state index contributed by atoms with van der Waals surface area (Å²) in [4.78, 5) is 28.1. The number of amides is 1. The van der Waals surface area contributed by atoms with Crippen LogP contribution in [0.4, 0.5) is 4.39 Å². The first-order valence-corrected chi connectivity index (χ1v) is 13.1. The molecule has 3 unspecified atom stereocenters.